The second-order valence-electron chi connectivity index (χ2n) is 4.63. The first-order valence-electron chi connectivity index (χ1n) is 6.51. The molecule has 0 saturated heterocycles. The van der Waals surface area contributed by atoms with Crippen molar-refractivity contribution in [2.75, 3.05) is 11.9 Å². The Bertz CT molecular complexity index is 574. The minimum Gasteiger partial charge on any atom is -0.370 e. The number of nitrogens with zero attached hydrogens (tertiary/aromatic N) is 1. The minimum absolute atomic E-state index is 0.433. The number of hydrogen-bond acceptors (Lipinski definition) is 1. The van der Waals surface area contributed by atoms with Gasteiger partial charge in [0.1, 0.15) is 0 Å². The van der Waals surface area contributed by atoms with E-state index in [2.05, 4.69) is 10.3 Å². The first-order chi connectivity index (χ1) is 9.63. The fourth-order valence-electron chi connectivity index (χ4n) is 1.78. The molecule has 0 heterocycles. The van der Waals surface area contributed by atoms with Crippen LogP contribution in [0.3, 0.4) is 0 Å². The SMILES string of the molecule is Cc1ccc(NC(N)=NCCc2ccc(Cl)cc2)cc1. The topological polar surface area (TPSA) is 50.4 Å². The Hall–Kier alpha value is -2.00. The maximum atomic E-state index is 5.85. The van der Waals surface area contributed by atoms with Gasteiger partial charge in [-0.15, -0.1) is 0 Å². The van der Waals surface area contributed by atoms with Crippen LogP contribution in [0.15, 0.2) is 53.5 Å². The summed E-state index contributed by atoms with van der Waals surface area (Å²) in [6.45, 7) is 2.69. The van der Waals surface area contributed by atoms with Crippen LogP contribution >= 0.6 is 11.6 Å². The molecule has 0 fully saturated rings. The van der Waals surface area contributed by atoms with E-state index in [0.717, 1.165) is 17.1 Å². The number of aliphatic imine (C=N–C) groups is 1. The highest BCUT2D eigenvalue weighted by molar-refractivity contribution is 6.30. The van der Waals surface area contributed by atoms with Gasteiger partial charge < -0.3 is 11.1 Å². The molecule has 3 nitrogen and oxygen atoms in total. The van der Waals surface area contributed by atoms with Crippen LogP contribution in [0.25, 0.3) is 0 Å². The van der Waals surface area contributed by atoms with Crippen LogP contribution in [-0.2, 0) is 6.42 Å². The van der Waals surface area contributed by atoms with E-state index in [9.17, 15) is 0 Å². The van der Waals surface area contributed by atoms with Crippen molar-refractivity contribution in [3.63, 3.8) is 0 Å². The summed E-state index contributed by atoms with van der Waals surface area (Å²) in [6.07, 6.45) is 0.841. The van der Waals surface area contributed by atoms with E-state index < -0.39 is 0 Å². The van der Waals surface area contributed by atoms with Gasteiger partial charge in [0.2, 0.25) is 0 Å². The van der Waals surface area contributed by atoms with Crippen molar-refractivity contribution in [2.24, 2.45) is 10.7 Å². The largest absolute Gasteiger partial charge is 0.370 e. The predicted octanol–water partition coefficient (Wildman–Crippen LogP) is 3.62. The molecule has 0 unspecified atom stereocenters. The molecule has 0 atom stereocenters. The molecule has 0 bridgehead atoms. The summed E-state index contributed by atoms with van der Waals surface area (Å²) in [6, 6.07) is 15.8. The summed E-state index contributed by atoms with van der Waals surface area (Å²) in [5.74, 6) is 0.433. The summed E-state index contributed by atoms with van der Waals surface area (Å²) >= 11 is 5.84. The molecule has 0 amide bonds. The van der Waals surface area contributed by atoms with E-state index in [0.29, 0.717) is 12.5 Å². The van der Waals surface area contributed by atoms with Crippen LogP contribution in [0, 0.1) is 6.92 Å². The van der Waals surface area contributed by atoms with E-state index in [-0.39, 0.29) is 0 Å². The van der Waals surface area contributed by atoms with Gasteiger partial charge in [0.25, 0.3) is 0 Å². The van der Waals surface area contributed by atoms with Gasteiger partial charge in [0, 0.05) is 17.3 Å². The molecule has 2 rings (SSSR count). The molecule has 0 saturated carbocycles. The maximum Gasteiger partial charge on any atom is 0.193 e. The van der Waals surface area contributed by atoms with E-state index in [1.165, 1.54) is 11.1 Å². The third-order valence-corrected chi connectivity index (χ3v) is 3.17. The highest BCUT2D eigenvalue weighted by atomic mass is 35.5. The van der Waals surface area contributed by atoms with Gasteiger partial charge in [-0.2, -0.15) is 0 Å². The molecular formula is C16H18ClN3. The zero-order chi connectivity index (χ0) is 14.4. The highest BCUT2D eigenvalue weighted by Gasteiger charge is 1.96. The molecule has 0 radical (unpaired) electrons. The lowest BCUT2D eigenvalue weighted by atomic mass is 10.1. The molecule has 20 heavy (non-hydrogen) atoms. The quantitative estimate of drug-likeness (QED) is 0.666. The Kier molecular flexibility index (Phi) is 5.02. The molecular weight excluding hydrogens is 270 g/mol. The third-order valence-electron chi connectivity index (χ3n) is 2.92. The number of guanidine groups is 1. The Balaban J connectivity index is 1.84. The second-order valence-corrected chi connectivity index (χ2v) is 5.07. The predicted molar refractivity (Wildman–Crippen MR) is 86.4 cm³/mol. The van der Waals surface area contributed by atoms with Gasteiger partial charge in [-0.25, -0.2) is 0 Å². The van der Waals surface area contributed by atoms with Gasteiger partial charge in [-0.1, -0.05) is 41.4 Å². The fourth-order valence-corrected chi connectivity index (χ4v) is 1.91. The molecule has 0 aliphatic carbocycles. The first kappa shape index (κ1) is 14.4. The molecule has 0 aliphatic rings. The van der Waals surface area contributed by atoms with Crippen LogP contribution in [0.2, 0.25) is 5.02 Å². The molecule has 0 aromatic heterocycles. The van der Waals surface area contributed by atoms with E-state index in [1.54, 1.807) is 0 Å². The fraction of sp³-hybridized carbons (Fsp3) is 0.188. The third kappa shape index (κ3) is 4.59. The number of nitrogens with one attached hydrogen (secondary N) is 1. The lowest BCUT2D eigenvalue weighted by molar-refractivity contribution is 0.965. The maximum absolute atomic E-state index is 5.85. The Morgan fingerprint density at radius 1 is 1.10 bits per heavy atom. The molecule has 3 N–H and O–H groups in total. The second kappa shape index (κ2) is 6.96. The normalized spacial score (nSPS) is 11.4. The molecule has 2 aromatic rings. The number of hydrogen-bond donors (Lipinski definition) is 2. The summed E-state index contributed by atoms with van der Waals surface area (Å²) in [4.78, 5) is 4.31. The van der Waals surface area contributed by atoms with Crippen molar-refractivity contribution in [1.82, 2.24) is 0 Å². The summed E-state index contributed by atoms with van der Waals surface area (Å²) in [5, 5.41) is 3.82. The van der Waals surface area contributed by atoms with Crippen LogP contribution in [0.5, 0.6) is 0 Å². The van der Waals surface area contributed by atoms with E-state index in [1.807, 2.05) is 55.5 Å². The molecule has 0 aliphatic heterocycles. The summed E-state index contributed by atoms with van der Waals surface area (Å²) in [7, 11) is 0. The number of nitrogens with two attached hydrogens (primary N) is 1. The highest BCUT2D eigenvalue weighted by Crippen LogP contribution is 2.10. The van der Waals surface area contributed by atoms with Gasteiger partial charge in [-0.05, 0) is 43.2 Å². The summed E-state index contributed by atoms with van der Waals surface area (Å²) in [5.41, 5.74) is 9.21. The van der Waals surface area contributed by atoms with Crippen LogP contribution < -0.4 is 11.1 Å². The van der Waals surface area contributed by atoms with Crippen molar-refractivity contribution in [1.29, 1.82) is 0 Å². The molecule has 2 aromatic carbocycles. The number of rotatable bonds is 4. The van der Waals surface area contributed by atoms with Gasteiger partial charge in [-0.3, -0.25) is 4.99 Å². The lowest BCUT2D eigenvalue weighted by Crippen LogP contribution is -2.23. The van der Waals surface area contributed by atoms with E-state index >= 15 is 0 Å². The van der Waals surface area contributed by atoms with Crippen molar-refractivity contribution >= 4 is 23.2 Å². The number of benzene rings is 2. The number of anilines is 1. The van der Waals surface area contributed by atoms with Gasteiger partial charge in [0.15, 0.2) is 5.96 Å². The van der Waals surface area contributed by atoms with Crippen LogP contribution in [0.1, 0.15) is 11.1 Å². The Morgan fingerprint density at radius 2 is 1.75 bits per heavy atom. The standard InChI is InChI=1S/C16H18ClN3/c1-12-2-8-15(9-3-12)20-16(18)19-11-10-13-4-6-14(17)7-5-13/h2-9H,10-11H2,1H3,(H3,18,19,20). The molecule has 104 valence electrons. The summed E-state index contributed by atoms with van der Waals surface area (Å²) < 4.78 is 0. The zero-order valence-corrected chi connectivity index (χ0v) is 12.2. The van der Waals surface area contributed by atoms with Crippen LogP contribution in [0.4, 0.5) is 5.69 Å². The van der Waals surface area contributed by atoms with Gasteiger partial charge in [0.05, 0.1) is 0 Å². The lowest BCUT2D eigenvalue weighted by Gasteiger charge is -2.06. The minimum atomic E-state index is 0.433. The molecule has 4 heteroatoms. The number of aryl methyl sites for hydroxylation is 1. The van der Waals surface area contributed by atoms with E-state index in [4.69, 9.17) is 17.3 Å². The first-order valence-corrected chi connectivity index (χ1v) is 6.89. The van der Waals surface area contributed by atoms with Crippen molar-refractivity contribution in [2.45, 2.75) is 13.3 Å². The van der Waals surface area contributed by atoms with Crippen LogP contribution in [-0.4, -0.2) is 12.5 Å². The number of halogens is 1. The zero-order valence-electron chi connectivity index (χ0n) is 11.4. The monoisotopic (exact) mass is 287 g/mol. The Labute approximate surface area is 124 Å². The molecule has 0 spiro atoms. The van der Waals surface area contributed by atoms with Crippen molar-refractivity contribution in [3.05, 3.63) is 64.7 Å². The smallest absolute Gasteiger partial charge is 0.193 e. The average molecular weight is 288 g/mol. The van der Waals surface area contributed by atoms with Gasteiger partial charge >= 0.3 is 0 Å². The average Bonchev–Trinajstić information content (AvgIpc) is 2.44. The van der Waals surface area contributed by atoms with Crippen molar-refractivity contribution in [3.8, 4) is 0 Å². The Morgan fingerprint density at radius 3 is 2.40 bits per heavy atom. The van der Waals surface area contributed by atoms with Crippen molar-refractivity contribution < 1.29 is 0 Å².